The molecule has 2 aliphatic heterocycles. The lowest BCUT2D eigenvalue weighted by Crippen LogP contribution is -2.24. The molecule has 0 aromatic heterocycles. The Balaban J connectivity index is 1.74. The van der Waals surface area contributed by atoms with Crippen LogP contribution in [0.15, 0.2) is 0 Å². The van der Waals surface area contributed by atoms with Crippen LogP contribution in [0.5, 0.6) is 0 Å². The van der Waals surface area contributed by atoms with Crippen molar-refractivity contribution in [3.8, 4) is 0 Å². The number of thioether (sulfide) groups is 1. The molecule has 2 saturated heterocycles. The summed E-state index contributed by atoms with van der Waals surface area (Å²) in [6.07, 6.45) is 4.53. The third kappa shape index (κ3) is 2.20. The van der Waals surface area contributed by atoms with E-state index in [1.807, 2.05) is 11.8 Å². The number of rotatable bonds is 4. The van der Waals surface area contributed by atoms with Gasteiger partial charge < -0.3 is 9.47 Å². The molecule has 76 valence electrons. The minimum atomic E-state index is 0.404. The monoisotopic (exact) mass is 202 g/mol. The minimum absolute atomic E-state index is 0.404. The maximum absolute atomic E-state index is 5.67. The maximum Gasteiger partial charge on any atom is 0.0977 e. The Bertz CT molecular complexity index is 163. The largest absolute Gasteiger partial charge is 0.374 e. The third-order valence-electron chi connectivity index (χ3n) is 2.75. The quantitative estimate of drug-likeness (QED) is 0.650. The van der Waals surface area contributed by atoms with Gasteiger partial charge in [0.25, 0.3) is 0 Å². The zero-order chi connectivity index (χ0) is 9.10. The van der Waals surface area contributed by atoms with Crippen LogP contribution in [-0.2, 0) is 9.47 Å². The smallest absolute Gasteiger partial charge is 0.0977 e. The number of hydrogen-bond donors (Lipinski definition) is 0. The van der Waals surface area contributed by atoms with Gasteiger partial charge in [0.2, 0.25) is 0 Å². The van der Waals surface area contributed by atoms with Crippen LogP contribution in [0.25, 0.3) is 0 Å². The SMILES string of the molecule is CCCCSC1COC2CCOC21. The van der Waals surface area contributed by atoms with E-state index >= 15 is 0 Å². The zero-order valence-electron chi connectivity index (χ0n) is 8.20. The number of ether oxygens (including phenoxy) is 2. The number of fused-ring (bicyclic) bond motifs is 1. The Morgan fingerprint density at radius 1 is 1.38 bits per heavy atom. The highest BCUT2D eigenvalue weighted by atomic mass is 32.2. The molecule has 0 aromatic carbocycles. The van der Waals surface area contributed by atoms with Crippen LogP contribution in [0.4, 0.5) is 0 Å². The van der Waals surface area contributed by atoms with Crippen LogP contribution < -0.4 is 0 Å². The van der Waals surface area contributed by atoms with E-state index in [1.54, 1.807) is 0 Å². The molecule has 0 aliphatic carbocycles. The summed E-state index contributed by atoms with van der Waals surface area (Å²) in [4.78, 5) is 0. The summed E-state index contributed by atoms with van der Waals surface area (Å²) in [5.41, 5.74) is 0. The second-order valence-electron chi connectivity index (χ2n) is 3.76. The van der Waals surface area contributed by atoms with Gasteiger partial charge in [-0.1, -0.05) is 13.3 Å². The van der Waals surface area contributed by atoms with E-state index in [1.165, 1.54) is 18.6 Å². The average Bonchev–Trinajstić information content (AvgIpc) is 2.68. The maximum atomic E-state index is 5.67. The molecular weight excluding hydrogens is 184 g/mol. The molecule has 3 atom stereocenters. The predicted molar refractivity (Wildman–Crippen MR) is 55.3 cm³/mol. The van der Waals surface area contributed by atoms with Crippen molar-refractivity contribution < 1.29 is 9.47 Å². The van der Waals surface area contributed by atoms with Gasteiger partial charge in [-0.05, 0) is 18.6 Å². The molecule has 13 heavy (non-hydrogen) atoms. The summed E-state index contributed by atoms with van der Waals surface area (Å²) in [7, 11) is 0. The molecule has 0 amide bonds. The van der Waals surface area contributed by atoms with Crippen LogP contribution in [0.3, 0.4) is 0 Å². The second kappa shape index (κ2) is 4.67. The highest BCUT2D eigenvalue weighted by molar-refractivity contribution is 8.00. The van der Waals surface area contributed by atoms with Gasteiger partial charge in [-0.15, -0.1) is 0 Å². The molecule has 2 rings (SSSR count). The third-order valence-corrected chi connectivity index (χ3v) is 4.11. The standard InChI is InChI=1S/C10H18O2S/c1-2-3-6-13-9-7-12-8-4-5-11-10(8)9/h8-10H,2-7H2,1H3. The van der Waals surface area contributed by atoms with Crippen molar-refractivity contribution in [2.24, 2.45) is 0 Å². The van der Waals surface area contributed by atoms with Crippen LogP contribution in [0.2, 0.25) is 0 Å². The van der Waals surface area contributed by atoms with Crippen LogP contribution in [0.1, 0.15) is 26.2 Å². The zero-order valence-corrected chi connectivity index (χ0v) is 9.02. The lowest BCUT2D eigenvalue weighted by atomic mass is 10.2. The lowest BCUT2D eigenvalue weighted by molar-refractivity contribution is 0.0738. The Morgan fingerprint density at radius 3 is 3.15 bits per heavy atom. The first-order valence-corrected chi connectivity index (χ1v) is 6.31. The fourth-order valence-corrected chi connectivity index (χ4v) is 3.33. The molecule has 2 fully saturated rings. The summed E-state index contributed by atoms with van der Waals surface area (Å²) in [5, 5.41) is 0.610. The molecule has 0 radical (unpaired) electrons. The van der Waals surface area contributed by atoms with E-state index in [-0.39, 0.29) is 0 Å². The summed E-state index contributed by atoms with van der Waals surface area (Å²) >= 11 is 2.04. The summed E-state index contributed by atoms with van der Waals surface area (Å²) < 4.78 is 11.3. The molecule has 2 heterocycles. The molecule has 0 bridgehead atoms. The highest BCUT2D eigenvalue weighted by Crippen LogP contribution is 2.33. The Labute approximate surface area is 84.4 Å². The van der Waals surface area contributed by atoms with Crippen molar-refractivity contribution in [3.63, 3.8) is 0 Å². The van der Waals surface area contributed by atoms with E-state index < -0.39 is 0 Å². The summed E-state index contributed by atoms with van der Waals surface area (Å²) in [6, 6.07) is 0. The normalized spacial score (nSPS) is 38.1. The van der Waals surface area contributed by atoms with Gasteiger partial charge in [-0.2, -0.15) is 11.8 Å². The average molecular weight is 202 g/mol. The van der Waals surface area contributed by atoms with Gasteiger partial charge >= 0.3 is 0 Å². The first-order chi connectivity index (χ1) is 6.42. The first kappa shape index (κ1) is 9.81. The van der Waals surface area contributed by atoms with E-state index in [0.717, 1.165) is 19.6 Å². The van der Waals surface area contributed by atoms with Crippen molar-refractivity contribution >= 4 is 11.8 Å². The molecule has 2 aliphatic rings. The molecule has 2 nitrogen and oxygen atoms in total. The lowest BCUT2D eigenvalue weighted by Gasteiger charge is -2.14. The van der Waals surface area contributed by atoms with Crippen molar-refractivity contribution in [3.05, 3.63) is 0 Å². The van der Waals surface area contributed by atoms with Gasteiger partial charge in [0.15, 0.2) is 0 Å². The molecule has 0 saturated carbocycles. The Morgan fingerprint density at radius 2 is 2.31 bits per heavy atom. The van der Waals surface area contributed by atoms with E-state index in [4.69, 9.17) is 9.47 Å². The highest BCUT2D eigenvalue weighted by Gasteiger charge is 2.41. The molecular formula is C10H18O2S. The van der Waals surface area contributed by atoms with Crippen molar-refractivity contribution in [2.75, 3.05) is 19.0 Å². The van der Waals surface area contributed by atoms with Crippen molar-refractivity contribution in [2.45, 2.75) is 43.6 Å². The predicted octanol–water partition coefficient (Wildman–Crippen LogP) is 2.08. The van der Waals surface area contributed by atoms with Gasteiger partial charge in [0, 0.05) is 6.61 Å². The topological polar surface area (TPSA) is 18.5 Å². The van der Waals surface area contributed by atoms with Crippen molar-refractivity contribution in [1.29, 1.82) is 0 Å². The molecule has 0 spiro atoms. The van der Waals surface area contributed by atoms with Crippen LogP contribution in [0, 0.1) is 0 Å². The molecule has 0 aromatic rings. The summed E-state index contributed by atoms with van der Waals surface area (Å²) in [5.74, 6) is 1.26. The number of unbranched alkanes of at least 4 members (excludes halogenated alkanes) is 1. The first-order valence-electron chi connectivity index (χ1n) is 5.26. The molecule has 0 N–H and O–H groups in total. The van der Waals surface area contributed by atoms with E-state index in [9.17, 15) is 0 Å². The fraction of sp³-hybridized carbons (Fsp3) is 1.00. The Hall–Kier alpha value is 0.270. The van der Waals surface area contributed by atoms with Gasteiger partial charge in [0.1, 0.15) is 0 Å². The van der Waals surface area contributed by atoms with Crippen LogP contribution in [-0.4, -0.2) is 36.4 Å². The Kier molecular flexibility index (Phi) is 3.52. The van der Waals surface area contributed by atoms with Crippen molar-refractivity contribution in [1.82, 2.24) is 0 Å². The van der Waals surface area contributed by atoms with Crippen LogP contribution >= 0.6 is 11.8 Å². The molecule has 3 unspecified atom stereocenters. The van der Waals surface area contributed by atoms with Gasteiger partial charge in [-0.3, -0.25) is 0 Å². The van der Waals surface area contributed by atoms with Gasteiger partial charge in [-0.25, -0.2) is 0 Å². The van der Waals surface area contributed by atoms with E-state index in [0.29, 0.717) is 17.5 Å². The number of hydrogen-bond acceptors (Lipinski definition) is 3. The van der Waals surface area contributed by atoms with E-state index in [2.05, 4.69) is 6.92 Å². The minimum Gasteiger partial charge on any atom is -0.374 e. The molecule has 3 heteroatoms. The second-order valence-corrected chi connectivity index (χ2v) is 5.11. The summed E-state index contributed by atoms with van der Waals surface area (Å²) in [6.45, 7) is 4.05. The fourth-order valence-electron chi connectivity index (χ4n) is 1.95. The van der Waals surface area contributed by atoms with Gasteiger partial charge in [0.05, 0.1) is 24.1 Å².